The van der Waals surface area contributed by atoms with E-state index < -0.39 is 0 Å². The Hall–Kier alpha value is -1.85. The molecule has 1 saturated heterocycles. The van der Waals surface area contributed by atoms with E-state index in [9.17, 15) is 4.79 Å². The van der Waals surface area contributed by atoms with Crippen molar-refractivity contribution in [3.63, 3.8) is 0 Å². The average Bonchev–Trinajstić information content (AvgIpc) is 3.04. The normalized spacial score (nSPS) is 18.6. The minimum Gasteiger partial charge on any atom is -0.351 e. The summed E-state index contributed by atoms with van der Waals surface area (Å²) in [5, 5.41) is 0.872. The number of carbonyl (C=O) groups excluding carboxylic acids is 1. The predicted molar refractivity (Wildman–Crippen MR) is 116 cm³/mol. The highest BCUT2D eigenvalue weighted by molar-refractivity contribution is 8.93. The lowest BCUT2D eigenvalue weighted by Gasteiger charge is -2.27. The van der Waals surface area contributed by atoms with E-state index >= 15 is 0 Å². The Morgan fingerprint density at radius 3 is 2.23 bits per heavy atom. The van der Waals surface area contributed by atoms with Crippen LogP contribution in [0.5, 0.6) is 0 Å². The van der Waals surface area contributed by atoms with Crippen molar-refractivity contribution in [2.45, 2.75) is 19.3 Å². The summed E-state index contributed by atoms with van der Waals surface area (Å²) in [7, 11) is 0. The lowest BCUT2D eigenvalue weighted by Crippen LogP contribution is -2.33. The molecular weight excluding hydrogens is 408 g/mol. The third-order valence-electron chi connectivity index (χ3n) is 4.55. The monoisotopic (exact) mass is 428 g/mol. The summed E-state index contributed by atoms with van der Waals surface area (Å²) < 4.78 is 0. The largest absolute Gasteiger partial charge is 0.351 e. The van der Waals surface area contributed by atoms with Gasteiger partial charge in [-0.25, -0.2) is 0 Å². The lowest BCUT2D eigenvalue weighted by atomic mass is 10.0. The van der Waals surface area contributed by atoms with Gasteiger partial charge in [-0.2, -0.15) is 4.99 Å². The lowest BCUT2D eigenvalue weighted by molar-refractivity contribution is -0.113. The van der Waals surface area contributed by atoms with Gasteiger partial charge in [-0.05, 0) is 53.8 Å². The Morgan fingerprint density at radius 2 is 1.54 bits per heavy atom. The summed E-state index contributed by atoms with van der Waals surface area (Å²) in [6.07, 6.45) is 5.60. The van der Waals surface area contributed by atoms with Gasteiger partial charge in [-0.15, -0.1) is 17.0 Å². The third kappa shape index (κ3) is 4.27. The number of amidine groups is 1. The van der Waals surface area contributed by atoms with Crippen LogP contribution in [0, 0.1) is 0 Å². The van der Waals surface area contributed by atoms with Crippen molar-refractivity contribution in [2.24, 2.45) is 4.99 Å². The summed E-state index contributed by atoms with van der Waals surface area (Å²) >= 11 is 1.51. The summed E-state index contributed by atoms with van der Waals surface area (Å²) in [6.45, 7) is 2.02. The zero-order chi connectivity index (χ0) is 17.1. The van der Waals surface area contributed by atoms with Gasteiger partial charge >= 0.3 is 0 Å². The summed E-state index contributed by atoms with van der Waals surface area (Å²) in [6, 6.07) is 18.6. The van der Waals surface area contributed by atoms with E-state index in [0.717, 1.165) is 23.8 Å². The molecule has 134 valence electrons. The smallest absolute Gasteiger partial charge is 0.286 e. The number of amides is 1. The Balaban J connectivity index is 0.00000196. The van der Waals surface area contributed by atoms with E-state index in [1.165, 1.54) is 42.2 Å². The number of likely N-dealkylation sites (tertiary alicyclic amines) is 1. The number of piperidine rings is 1. The zero-order valence-electron chi connectivity index (χ0n) is 14.4. The van der Waals surface area contributed by atoms with E-state index in [2.05, 4.69) is 46.3 Å². The van der Waals surface area contributed by atoms with Crippen LogP contribution in [0.25, 0.3) is 17.2 Å². The number of rotatable bonds is 2. The van der Waals surface area contributed by atoms with Gasteiger partial charge < -0.3 is 4.90 Å². The second-order valence-corrected chi connectivity index (χ2v) is 7.36. The van der Waals surface area contributed by atoms with E-state index in [1.54, 1.807) is 0 Å². The molecule has 0 saturated carbocycles. The molecule has 2 aromatic rings. The average molecular weight is 429 g/mol. The number of hydrogen-bond donors (Lipinski definition) is 0. The number of nitrogens with zero attached hydrogens (tertiary/aromatic N) is 2. The van der Waals surface area contributed by atoms with Crippen molar-refractivity contribution in [1.29, 1.82) is 0 Å². The first-order valence-corrected chi connectivity index (χ1v) is 9.54. The second-order valence-electron chi connectivity index (χ2n) is 6.35. The van der Waals surface area contributed by atoms with Crippen LogP contribution in [0.2, 0.25) is 0 Å². The third-order valence-corrected chi connectivity index (χ3v) is 5.60. The Labute approximate surface area is 169 Å². The van der Waals surface area contributed by atoms with Crippen LogP contribution in [0.1, 0.15) is 24.8 Å². The van der Waals surface area contributed by atoms with Crippen LogP contribution in [-0.4, -0.2) is 29.1 Å². The molecule has 3 nitrogen and oxygen atoms in total. The fraction of sp³-hybridized carbons (Fsp3) is 0.238. The van der Waals surface area contributed by atoms with Crippen LogP contribution in [-0.2, 0) is 4.79 Å². The molecule has 26 heavy (non-hydrogen) atoms. The molecule has 0 N–H and O–H groups in total. The number of aliphatic imine (C=N–C) groups is 1. The molecule has 2 aliphatic rings. The first-order valence-electron chi connectivity index (χ1n) is 8.73. The maximum absolute atomic E-state index is 12.2. The number of halogens is 1. The van der Waals surface area contributed by atoms with Crippen molar-refractivity contribution in [3.8, 4) is 11.1 Å². The molecule has 2 aromatic carbocycles. The maximum Gasteiger partial charge on any atom is 0.286 e. The van der Waals surface area contributed by atoms with Gasteiger partial charge in [0.15, 0.2) is 5.17 Å². The fourth-order valence-corrected chi connectivity index (χ4v) is 4.14. The zero-order valence-corrected chi connectivity index (χ0v) is 17.0. The molecule has 0 radical (unpaired) electrons. The van der Waals surface area contributed by atoms with E-state index in [-0.39, 0.29) is 22.9 Å². The first kappa shape index (κ1) is 18.9. The molecule has 2 heterocycles. The molecule has 5 heteroatoms. The molecule has 0 spiro atoms. The number of hydrogen-bond acceptors (Lipinski definition) is 3. The first-order chi connectivity index (χ1) is 12.3. The molecule has 4 rings (SSSR count). The number of thioether (sulfide) groups is 1. The Bertz CT molecular complexity index is 825. The Morgan fingerprint density at radius 1 is 0.885 bits per heavy atom. The van der Waals surface area contributed by atoms with Crippen LogP contribution >= 0.6 is 28.7 Å². The van der Waals surface area contributed by atoms with E-state index in [1.807, 2.05) is 24.3 Å². The quantitative estimate of drug-likeness (QED) is 0.601. The van der Waals surface area contributed by atoms with Gasteiger partial charge in [-0.1, -0.05) is 54.6 Å². The van der Waals surface area contributed by atoms with Crippen molar-refractivity contribution in [1.82, 2.24) is 4.90 Å². The minimum atomic E-state index is -0.113. The van der Waals surface area contributed by atoms with Crippen LogP contribution < -0.4 is 0 Å². The Kier molecular flexibility index (Phi) is 6.33. The standard InChI is InChI=1S/C21H20N2OS.BrH/c24-20-19(25-21(22-20)23-13-5-2-6-14-23)15-16-9-11-18(12-10-16)17-7-3-1-4-8-17;/h1,3-4,7-12,15H,2,5-6,13-14H2;1H. The van der Waals surface area contributed by atoms with Gasteiger partial charge in [0.25, 0.3) is 5.91 Å². The number of benzene rings is 2. The van der Waals surface area contributed by atoms with Crippen molar-refractivity contribution < 1.29 is 4.79 Å². The fourth-order valence-electron chi connectivity index (χ4n) is 3.17. The van der Waals surface area contributed by atoms with Crippen molar-refractivity contribution in [2.75, 3.05) is 13.1 Å². The van der Waals surface area contributed by atoms with Gasteiger partial charge in [0.1, 0.15) is 0 Å². The van der Waals surface area contributed by atoms with Gasteiger partial charge in [-0.3, -0.25) is 4.79 Å². The SMILES string of the molecule is Br.O=C1N=C(N2CCCCC2)SC1=Cc1ccc(-c2ccccc2)cc1. The highest BCUT2D eigenvalue weighted by Crippen LogP contribution is 2.31. The minimum absolute atomic E-state index is 0. The molecule has 0 atom stereocenters. The molecule has 0 aliphatic carbocycles. The summed E-state index contributed by atoms with van der Waals surface area (Å²) in [5.74, 6) is -0.113. The molecular formula is C21H21BrN2OS. The second kappa shape index (κ2) is 8.69. The summed E-state index contributed by atoms with van der Waals surface area (Å²) in [5.41, 5.74) is 3.41. The highest BCUT2D eigenvalue weighted by Gasteiger charge is 2.26. The predicted octanol–water partition coefficient (Wildman–Crippen LogP) is 5.39. The molecule has 1 amide bonds. The van der Waals surface area contributed by atoms with Crippen LogP contribution in [0.4, 0.5) is 0 Å². The van der Waals surface area contributed by atoms with E-state index in [4.69, 9.17) is 0 Å². The molecule has 0 bridgehead atoms. The van der Waals surface area contributed by atoms with Gasteiger partial charge in [0, 0.05) is 13.1 Å². The molecule has 1 fully saturated rings. The number of carbonyl (C=O) groups is 1. The molecule has 2 aliphatic heterocycles. The van der Waals surface area contributed by atoms with Crippen LogP contribution in [0.15, 0.2) is 64.5 Å². The maximum atomic E-state index is 12.2. The summed E-state index contributed by atoms with van der Waals surface area (Å²) in [4.78, 5) is 19.4. The molecule has 0 unspecified atom stereocenters. The van der Waals surface area contributed by atoms with Gasteiger partial charge in [0.2, 0.25) is 0 Å². The van der Waals surface area contributed by atoms with E-state index in [0.29, 0.717) is 4.91 Å². The van der Waals surface area contributed by atoms with Crippen LogP contribution in [0.3, 0.4) is 0 Å². The van der Waals surface area contributed by atoms with Gasteiger partial charge in [0.05, 0.1) is 4.91 Å². The van der Waals surface area contributed by atoms with Crippen molar-refractivity contribution in [3.05, 3.63) is 65.1 Å². The topological polar surface area (TPSA) is 32.7 Å². The highest BCUT2D eigenvalue weighted by atomic mass is 79.9. The van der Waals surface area contributed by atoms with Crippen molar-refractivity contribution >= 4 is 45.9 Å². The molecule has 0 aromatic heterocycles.